The van der Waals surface area contributed by atoms with Gasteiger partial charge in [-0.3, -0.25) is 9.59 Å². The van der Waals surface area contributed by atoms with Crippen LogP contribution in [0.5, 0.6) is 0 Å². The number of benzene rings is 1. The lowest BCUT2D eigenvalue weighted by atomic mass is 9.96. The van der Waals surface area contributed by atoms with Crippen LogP contribution in [0.15, 0.2) is 36.5 Å². The van der Waals surface area contributed by atoms with Crippen LogP contribution in [0.1, 0.15) is 36.0 Å². The number of likely N-dealkylation sites (tertiary alicyclic amines) is 1. The molecule has 2 saturated heterocycles. The van der Waals surface area contributed by atoms with E-state index in [1.54, 1.807) is 6.20 Å². The predicted octanol–water partition coefficient (Wildman–Crippen LogP) is 4.03. The van der Waals surface area contributed by atoms with Gasteiger partial charge in [-0.2, -0.15) is 0 Å². The van der Waals surface area contributed by atoms with Crippen molar-refractivity contribution in [1.29, 1.82) is 0 Å². The number of rotatable bonds is 4. The molecule has 7 heteroatoms. The van der Waals surface area contributed by atoms with Crippen molar-refractivity contribution in [1.82, 2.24) is 9.88 Å². The zero-order chi connectivity index (χ0) is 21.1. The molecule has 158 valence electrons. The summed E-state index contributed by atoms with van der Waals surface area (Å²) in [5, 5.41) is 0.489. The fourth-order valence-corrected chi connectivity index (χ4v) is 4.71. The maximum absolute atomic E-state index is 13.2. The van der Waals surface area contributed by atoms with Gasteiger partial charge in [0.2, 0.25) is 0 Å². The molecule has 0 spiro atoms. The number of aromatic nitrogens is 1. The van der Waals surface area contributed by atoms with E-state index < -0.39 is 0 Å². The first kappa shape index (κ1) is 20.7. The van der Waals surface area contributed by atoms with Crippen LogP contribution in [0.25, 0.3) is 11.1 Å². The zero-order valence-corrected chi connectivity index (χ0v) is 17.9. The minimum absolute atomic E-state index is 0.0169. The van der Waals surface area contributed by atoms with Crippen molar-refractivity contribution in [2.75, 3.05) is 38.2 Å². The van der Waals surface area contributed by atoms with Gasteiger partial charge in [-0.1, -0.05) is 41.9 Å². The van der Waals surface area contributed by atoms with Gasteiger partial charge in [-0.05, 0) is 31.2 Å². The Bertz CT molecular complexity index is 921. The Labute approximate surface area is 181 Å². The van der Waals surface area contributed by atoms with E-state index in [-0.39, 0.29) is 17.8 Å². The Morgan fingerprint density at radius 1 is 1.07 bits per heavy atom. The number of piperidine rings is 1. The molecular formula is C23H26ClN3O3. The normalized spacial score (nSPS) is 17.3. The molecule has 3 heterocycles. The number of esters is 1. The van der Waals surface area contributed by atoms with Crippen molar-refractivity contribution in [3.05, 3.63) is 47.1 Å². The van der Waals surface area contributed by atoms with Crippen LogP contribution < -0.4 is 4.90 Å². The van der Waals surface area contributed by atoms with Crippen LogP contribution in [0, 0.1) is 5.92 Å². The number of methoxy groups -OCH3 is 1. The molecule has 0 aliphatic carbocycles. The van der Waals surface area contributed by atoms with Gasteiger partial charge in [0.05, 0.1) is 23.6 Å². The number of carbonyl (C=O) groups is 2. The summed E-state index contributed by atoms with van der Waals surface area (Å²) in [7, 11) is 1.43. The average molecular weight is 428 g/mol. The van der Waals surface area contributed by atoms with Crippen LogP contribution in [0.3, 0.4) is 0 Å². The number of amides is 1. The summed E-state index contributed by atoms with van der Waals surface area (Å²) in [6, 6.07) is 9.76. The molecule has 6 nitrogen and oxygen atoms in total. The van der Waals surface area contributed by atoms with Gasteiger partial charge in [0, 0.05) is 37.9 Å². The van der Waals surface area contributed by atoms with Gasteiger partial charge in [0.15, 0.2) is 0 Å². The third kappa shape index (κ3) is 4.01. The second-order valence-corrected chi connectivity index (χ2v) is 8.21. The average Bonchev–Trinajstić information content (AvgIpc) is 3.33. The van der Waals surface area contributed by atoms with E-state index in [2.05, 4.69) is 9.88 Å². The third-order valence-corrected chi connectivity index (χ3v) is 6.37. The highest BCUT2D eigenvalue weighted by atomic mass is 35.5. The molecule has 2 aliphatic heterocycles. The number of anilines is 1. The second kappa shape index (κ2) is 9.04. The topological polar surface area (TPSA) is 62.7 Å². The molecule has 1 aromatic carbocycles. The fraction of sp³-hybridized carbons (Fsp3) is 0.435. The monoisotopic (exact) mass is 427 g/mol. The molecule has 2 fully saturated rings. The quantitative estimate of drug-likeness (QED) is 0.689. The molecule has 2 aliphatic rings. The first-order valence-electron chi connectivity index (χ1n) is 10.5. The van der Waals surface area contributed by atoms with Gasteiger partial charge in [0.1, 0.15) is 5.82 Å². The Morgan fingerprint density at radius 3 is 2.37 bits per heavy atom. The van der Waals surface area contributed by atoms with Gasteiger partial charge >= 0.3 is 5.97 Å². The number of nitrogens with zero attached hydrogens (tertiary/aromatic N) is 3. The number of pyridine rings is 1. The molecule has 4 rings (SSSR count). The van der Waals surface area contributed by atoms with Gasteiger partial charge < -0.3 is 14.5 Å². The Balaban J connectivity index is 1.68. The summed E-state index contributed by atoms with van der Waals surface area (Å²) >= 11 is 6.89. The minimum atomic E-state index is -0.162. The van der Waals surface area contributed by atoms with E-state index in [4.69, 9.17) is 16.3 Å². The van der Waals surface area contributed by atoms with Crippen molar-refractivity contribution >= 4 is 29.3 Å². The second-order valence-electron chi connectivity index (χ2n) is 7.83. The van der Waals surface area contributed by atoms with Crippen molar-refractivity contribution in [3.8, 4) is 11.1 Å². The van der Waals surface area contributed by atoms with E-state index in [0.717, 1.165) is 37.1 Å². The van der Waals surface area contributed by atoms with Crippen molar-refractivity contribution in [2.45, 2.75) is 25.7 Å². The van der Waals surface area contributed by atoms with Crippen molar-refractivity contribution < 1.29 is 14.3 Å². The molecule has 30 heavy (non-hydrogen) atoms. The van der Waals surface area contributed by atoms with Crippen LogP contribution in [-0.2, 0) is 9.53 Å². The van der Waals surface area contributed by atoms with Crippen LogP contribution in [0.2, 0.25) is 5.02 Å². The Hall–Kier alpha value is -2.60. The first-order valence-corrected chi connectivity index (χ1v) is 10.8. The Kier molecular flexibility index (Phi) is 6.23. The molecule has 1 aromatic heterocycles. The smallest absolute Gasteiger partial charge is 0.308 e. The summed E-state index contributed by atoms with van der Waals surface area (Å²) in [6.45, 7) is 2.88. The van der Waals surface area contributed by atoms with Crippen molar-refractivity contribution in [2.24, 2.45) is 5.92 Å². The van der Waals surface area contributed by atoms with Gasteiger partial charge in [-0.25, -0.2) is 4.98 Å². The lowest BCUT2D eigenvalue weighted by Crippen LogP contribution is -2.37. The molecule has 0 radical (unpaired) electrons. The van der Waals surface area contributed by atoms with Gasteiger partial charge in [0.25, 0.3) is 5.91 Å². The number of halogens is 1. The van der Waals surface area contributed by atoms with E-state index in [9.17, 15) is 9.59 Å². The summed E-state index contributed by atoms with van der Waals surface area (Å²) < 4.78 is 4.88. The standard InChI is InChI=1S/C23H26ClN3O3/c1-30-23(29)17-9-13-26(14-10-17)21-20(24)19(16-7-3-2-4-8-16)18(15-25-21)22(28)27-11-5-6-12-27/h2-4,7-8,15,17H,5-6,9-14H2,1H3. The molecule has 0 saturated carbocycles. The highest BCUT2D eigenvalue weighted by molar-refractivity contribution is 6.36. The van der Waals surface area contributed by atoms with Crippen molar-refractivity contribution in [3.63, 3.8) is 0 Å². The van der Waals surface area contributed by atoms with E-state index in [1.807, 2.05) is 35.2 Å². The van der Waals surface area contributed by atoms with E-state index in [1.165, 1.54) is 7.11 Å². The molecule has 2 aromatic rings. The summed E-state index contributed by atoms with van der Waals surface area (Å²) in [5.74, 6) is 0.397. The SMILES string of the molecule is COC(=O)C1CCN(c2ncc(C(=O)N3CCCC3)c(-c3ccccc3)c2Cl)CC1. The lowest BCUT2D eigenvalue weighted by Gasteiger charge is -2.32. The number of hydrogen-bond donors (Lipinski definition) is 0. The minimum Gasteiger partial charge on any atom is -0.469 e. The van der Waals surface area contributed by atoms with E-state index >= 15 is 0 Å². The Morgan fingerprint density at radius 2 is 1.73 bits per heavy atom. The highest BCUT2D eigenvalue weighted by Crippen LogP contribution is 2.39. The largest absolute Gasteiger partial charge is 0.469 e. The maximum Gasteiger partial charge on any atom is 0.308 e. The molecule has 0 N–H and O–H groups in total. The number of ether oxygens (including phenoxy) is 1. The molecule has 1 amide bonds. The molecule has 0 unspecified atom stereocenters. The molecular weight excluding hydrogens is 402 g/mol. The lowest BCUT2D eigenvalue weighted by molar-refractivity contribution is -0.146. The number of hydrogen-bond acceptors (Lipinski definition) is 5. The van der Waals surface area contributed by atoms with Crippen LogP contribution >= 0.6 is 11.6 Å². The maximum atomic E-state index is 13.2. The number of carbonyl (C=O) groups excluding carboxylic acids is 2. The highest BCUT2D eigenvalue weighted by Gasteiger charge is 2.30. The van der Waals surface area contributed by atoms with E-state index in [0.29, 0.717) is 42.3 Å². The summed E-state index contributed by atoms with van der Waals surface area (Å²) in [5.41, 5.74) is 2.17. The molecule has 0 bridgehead atoms. The molecule has 0 atom stereocenters. The zero-order valence-electron chi connectivity index (χ0n) is 17.1. The first-order chi connectivity index (χ1) is 14.6. The third-order valence-electron chi connectivity index (χ3n) is 6.02. The summed E-state index contributed by atoms with van der Waals surface area (Å²) in [4.78, 5) is 33.6. The van der Waals surface area contributed by atoms with Crippen LogP contribution in [-0.4, -0.2) is 55.0 Å². The predicted molar refractivity (Wildman–Crippen MR) is 117 cm³/mol. The fourth-order valence-electron chi connectivity index (χ4n) is 4.33. The summed E-state index contributed by atoms with van der Waals surface area (Å²) in [6.07, 6.45) is 5.11. The van der Waals surface area contributed by atoms with Gasteiger partial charge in [-0.15, -0.1) is 0 Å². The van der Waals surface area contributed by atoms with Crippen LogP contribution in [0.4, 0.5) is 5.82 Å².